The Balaban J connectivity index is 1.28. The van der Waals surface area contributed by atoms with Crippen LogP contribution in [0.4, 0.5) is 4.79 Å². The van der Waals surface area contributed by atoms with Crippen LogP contribution in [0.25, 0.3) is 0 Å². The standard InChI is InChI=1S/C28H40ClN3O4S/c1-22-7-6-10-26(32(22)37(34,35)27-13-11-24(29)12-14-27)21-36-28(33)31-19-16-25(17-20-31)30(2)18-15-23-8-4-3-5-9-23/h4,8-9,11-14,22,25-26H,3,5-7,10,15-21H2,1-2H3/t22-,26-/m1/s1. The Bertz CT molecular complexity index is 1080. The van der Waals surface area contributed by atoms with Gasteiger partial charge >= 0.3 is 6.09 Å². The van der Waals surface area contributed by atoms with Gasteiger partial charge in [-0.2, -0.15) is 4.31 Å². The first-order chi connectivity index (χ1) is 17.8. The maximum absolute atomic E-state index is 13.4. The third-order valence-corrected chi connectivity index (χ3v) is 10.2. The Kier molecular flexibility index (Phi) is 9.73. The van der Waals surface area contributed by atoms with Crippen molar-refractivity contribution in [2.45, 2.75) is 81.3 Å². The highest BCUT2D eigenvalue weighted by Gasteiger charge is 2.39. The zero-order chi connectivity index (χ0) is 26.4. The molecule has 37 heavy (non-hydrogen) atoms. The van der Waals surface area contributed by atoms with Crippen molar-refractivity contribution in [1.29, 1.82) is 0 Å². The number of carbonyl (C=O) groups is 1. The summed E-state index contributed by atoms with van der Waals surface area (Å²) in [7, 11) is -1.55. The number of piperidine rings is 2. The minimum Gasteiger partial charge on any atom is -0.448 e. The van der Waals surface area contributed by atoms with Gasteiger partial charge in [0, 0.05) is 36.7 Å². The van der Waals surface area contributed by atoms with Crippen LogP contribution in [0.1, 0.15) is 58.3 Å². The van der Waals surface area contributed by atoms with E-state index in [1.165, 1.54) is 22.0 Å². The molecule has 3 aliphatic rings. The number of halogens is 1. The lowest BCUT2D eigenvalue weighted by molar-refractivity contribution is 0.0519. The highest BCUT2D eigenvalue weighted by Crippen LogP contribution is 2.31. The third kappa shape index (κ3) is 7.16. The molecule has 4 rings (SSSR count). The molecular weight excluding hydrogens is 510 g/mol. The first-order valence-corrected chi connectivity index (χ1v) is 15.3. The molecule has 0 N–H and O–H groups in total. The molecule has 1 aliphatic carbocycles. The summed E-state index contributed by atoms with van der Waals surface area (Å²) in [6, 6.07) is 6.16. The fourth-order valence-electron chi connectivity index (χ4n) is 5.67. The van der Waals surface area contributed by atoms with Crippen LogP contribution in [-0.4, -0.2) is 80.0 Å². The number of ether oxygens (including phenoxy) is 1. The van der Waals surface area contributed by atoms with Crippen molar-refractivity contribution in [2.75, 3.05) is 33.3 Å². The van der Waals surface area contributed by atoms with Gasteiger partial charge in [0.25, 0.3) is 0 Å². The lowest BCUT2D eigenvalue weighted by atomic mass is 10.00. The summed E-state index contributed by atoms with van der Waals surface area (Å²) in [5.41, 5.74) is 1.42. The van der Waals surface area contributed by atoms with Crippen molar-refractivity contribution < 1.29 is 17.9 Å². The van der Waals surface area contributed by atoms with Gasteiger partial charge in [-0.25, -0.2) is 13.2 Å². The molecule has 7 nitrogen and oxygen atoms in total. The lowest BCUT2D eigenvalue weighted by Crippen LogP contribution is -2.51. The van der Waals surface area contributed by atoms with Crippen LogP contribution in [0.2, 0.25) is 5.02 Å². The van der Waals surface area contributed by atoms with E-state index in [2.05, 4.69) is 30.2 Å². The second-order valence-electron chi connectivity index (χ2n) is 10.5. The van der Waals surface area contributed by atoms with E-state index in [4.69, 9.17) is 16.3 Å². The number of hydrogen-bond donors (Lipinski definition) is 0. The zero-order valence-electron chi connectivity index (χ0n) is 22.0. The molecule has 0 unspecified atom stereocenters. The first-order valence-electron chi connectivity index (χ1n) is 13.5. The smallest absolute Gasteiger partial charge is 0.409 e. The topological polar surface area (TPSA) is 70.2 Å². The van der Waals surface area contributed by atoms with Gasteiger partial charge in [-0.1, -0.05) is 41.8 Å². The van der Waals surface area contributed by atoms with E-state index >= 15 is 0 Å². The van der Waals surface area contributed by atoms with Crippen molar-refractivity contribution in [1.82, 2.24) is 14.1 Å². The Labute approximate surface area is 227 Å². The summed E-state index contributed by atoms with van der Waals surface area (Å²) in [4.78, 5) is 17.3. The number of benzene rings is 1. The minimum atomic E-state index is -3.72. The maximum Gasteiger partial charge on any atom is 0.409 e. The number of amides is 1. The molecule has 1 aromatic carbocycles. The van der Waals surface area contributed by atoms with E-state index in [1.54, 1.807) is 17.0 Å². The predicted octanol–water partition coefficient (Wildman–Crippen LogP) is 5.47. The van der Waals surface area contributed by atoms with Gasteiger partial charge in [0.2, 0.25) is 10.0 Å². The third-order valence-electron chi connectivity index (χ3n) is 7.91. The molecule has 0 saturated carbocycles. The summed E-state index contributed by atoms with van der Waals surface area (Å²) in [5, 5.41) is 0.491. The fraction of sp³-hybridized carbons (Fsp3) is 0.607. The van der Waals surface area contributed by atoms with Crippen molar-refractivity contribution in [2.24, 2.45) is 0 Å². The number of rotatable bonds is 8. The number of likely N-dealkylation sites (tertiary alicyclic amines) is 1. The van der Waals surface area contributed by atoms with E-state index < -0.39 is 10.0 Å². The molecule has 2 heterocycles. The van der Waals surface area contributed by atoms with Gasteiger partial charge in [0.05, 0.1) is 10.9 Å². The van der Waals surface area contributed by atoms with Crippen molar-refractivity contribution >= 4 is 27.7 Å². The lowest BCUT2D eigenvalue weighted by Gasteiger charge is -2.40. The quantitative estimate of drug-likeness (QED) is 0.430. The fourth-order valence-corrected chi connectivity index (χ4v) is 7.66. The Morgan fingerprint density at radius 1 is 1.11 bits per heavy atom. The highest BCUT2D eigenvalue weighted by atomic mass is 35.5. The van der Waals surface area contributed by atoms with E-state index in [9.17, 15) is 13.2 Å². The van der Waals surface area contributed by atoms with Gasteiger partial charge in [-0.3, -0.25) is 0 Å². The second-order valence-corrected chi connectivity index (χ2v) is 12.8. The number of nitrogens with zero attached hydrogens (tertiary/aromatic N) is 3. The SMILES string of the molecule is C[C@@H]1CCC[C@H](COC(=O)N2CCC(N(C)CCC3=CCCC=C3)CC2)N1S(=O)(=O)c1ccc(Cl)cc1. The Morgan fingerprint density at radius 3 is 2.51 bits per heavy atom. The monoisotopic (exact) mass is 549 g/mol. The molecular formula is C28H40ClN3O4S. The zero-order valence-corrected chi connectivity index (χ0v) is 23.6. The molecule has 2 saturated heterocycles. The van der Waals surface area contributed by atoms with Crippen molar-refractivity contribution in [3.8, 4) is 0 Å². The summed E-state index contributed by atoms with van der Waals surface area (Å²) in [5.74, 6) is 0. The van der Waals surface area contributed by atoms with Gasteiger partial charge in [-0.05, 0) is 83.2 Å². The average molecular weight is 550 g/mol. The van der Waals surface area contributed by atoms with Crippen LogP contribution >= 0.6 is 11.6 Å². The molecule has 1 amide bonds. The normalized spacial score (nSPS) is 23.8. The average Bonchev–Trinajstić information content (AvgIpc) is 2.91. The Morgan fingerprint density at radius 2 is 1.84 bits per heavy atom. The van der Waals surface area contributed by atoms with Gasteiger partial charge < -0.3 is 14.5 Å². The molecule has 0 bridgehead atoms. The maximum atomic E-state index is 13.4. The molecule has 204 valence electrons. The van der Waals surface area contributed by atoms with Crippen LogP contribution in [-0.2, 0) is 14.8 Å². The van der Waals surface area contributed by atoms with Crippen LogP contribution in [0, 0.1) is 0 Å². The summed E-state index contributed by atoms with van der Waals surface area (Å²) in [6.07, 6.45) is 14.0. The molecule has 9 heteroatoms. The first kappa shape index (κ1) is 28.1. The second kappa shape index (κ2) is 12.8. The van der Waals surface area contributed by atoms with Gasteiger partial charge in [0.15, 0.2) is 0 Å². The number of sulfonamides is 1. The molecule has 2 fully saturated rings. The van der Waals surface area contributed by atoms with E-state index in [-0.39, 0.29) is 29.7 Å². The molecule has 0 spiro atoms. The van der Waals surface area contributed by atoms with Crippen LogP contribution in [0.3, 0.4) is 0 Å². The van der Waals surface area contributed by atoms with Gasteiger partial charge in [0.1, 0.15) is 6.61 Å². The molecule has 0 radical (unpaired) electrons. The van der Waals surface area contributed by atoms with Crippen molar-refractivity contribution in [3.05, 3.63) is 53.1 Å². The van der Waals surface area contributed by atoms with Crippen LogP contribution < -0.4 is 0 Å². The van der Waals surface area contributed by atoms with E-state index in [0.717, 1.165) is 51.5 Å². The largest absolute Gasteiger partial charge is 0.448 e. The molecule has 1 aromatic rings. The number of hydrogen-bond acceptors (Lipinski definition) is 5. The summed E-state index contributed by atoms with van der Waals surface area (Å²) < 4.78 is 34.1. The van der Waals surface area contributed by atoms with Gasteiger partial charge in [-0.15, -0.1) is 0 Å². The van der Waals surface area contributed by atoms with Crippen LogP contribution in [0.5, 0.6) is 0 Å². The summed E-state index contributed by atoms with van der Waals surface area (Å²) >= 11 is 5.96. The highest BCUT2D eigenvalue weighted by molar-refractivity contribution is 7.89. The molecule has 0 aromatic heterocycles. The summed E-state index contributed by atoms with van der Waals surface area (Å²) in [6.45, 7) is 4.32. The van der Waals surface area contributed by atoms with Crippen LogP contribution in [0.15, 0.2) is 53.0 Å². The molecule has 2 aliphatic heterocycles. The van der Waals surface area contributed by atoms with E-state index in [1.807, 2.05) is 6.92 Å². The number of allylic oxidation sites excluding steroid dienone is 3. The van der Waals surface area contributed by atoms with Crippen molar-refractivity contribution in [3.63, 3.8) is 0 Å². The van der Waals surface area contributed by atoms with E-state index in [0.29, 0.717) is 30.6 Å². The predicted molar refractivity (Wildman–Crippen MR) is 147 cm³/mol. The molecule has 2 atom stereocenters. The minimum absolute atomic E-state index is 0.0679. The number of carbonyl (C=O) groups excluding carboxylic acids is 1. The Hall–Kier alpha value is -1.87.